The molecule has 2 fully saturated rings. The number of nitrogens with one attached hydrogen (secondary N) is 2. The van der Waals surface area contributed by atoms with E-state index in [1.54, 1.807) is 7.11 Å². The van der Waals surface area contributed by atoms with Gasteiger partial charge in [0.2, 0.25) is 5.91 Å². The predicted molar refractivity (Wildman–Crippen MR) is 57.6 cm³/mol. The maximum absolute atomic E-state index is 11.8. The number of methoxy groups -OCH3 is 1. The number of hydrogen-bond donors (Lipinski definition) is 2. The molecule has 1 aliphatic carbocycles. The summed E-state index contributed by atoms with van der Waals surface area (Å²) in [5.41, 5.74) is 0. The summed E-state index contributed by atoms with van der Waals surface area (Å²) in [5, 5.41) is 6.31. The second-order valence-electron chi connectivity index (χ2n) is 4.47. The molecule has 1 saturated carbocycles. The van der Waals surface area contributed by atoms with Crippen LogP contribution in [-0.2, 0) is 9.53 Å². The molecule has 2 rings (SSSR count). The highest BCUT2D eigenvalue weighted by molar-refractivity contribution is 5.82. The molecule has 3 atom stereocenters. The first kappa shape index (κ1) is 10.9. The van der Waals surface area contributed by atoms with Crippen LogP contribution in [0.4, 0.5) is 0 Å². The minimum Gasteiger partial charge on any atom is -0.379 e. The molecule has 4 heteroatoms. The summed E-state index contributed by atoms with van der Waals surface area (Å²) in [5.74, 6) is 0.154. The molecule has 0 bridgehead atoms. The molecular formula is C11H20N2O2. The summed E-state index contributed by atoms with van der Waals surface area (Å²) in [4.78, 5) is 11.8. The average molecular weight is 212 g/mol. The van der Waals surface area contributed by atoms with Crippen LogP contribution in [-0.4, -0.2) is 37.7 Å². The Morgan fingerprint density at radius 2 is 2.20 bits per heavy atom. The molecule has 3 unspecified atom stereocenters. The summed E-state index contributed by atoms with van der Waals surface area (Å²) >= 11 is 0. The SMILES string of the molecule is COC1CCCC1NC(=O)C1CCCN1. The van der Waals surface area contributed by atoms with Gasteiger partial charge in [0.1, 0.15) is 0 Å². The van der Waals surface area contributed by atoms with Crippen molar-refractivity contribution >= 4 is 5.91 Å². The van der Waals surface area contributed by atoms with Crippen LogP contribution in [0.15, 0.2) is 0 Å². The van der Waals surface area contributed by atoms with Gasteiger partial charge in [-0.05, 0) is 38.6 Å². The molecule has 2 N–H and O–H groups in total. The van der Waals surface area contributed by atoms with Crippen molar-refractivity contribution in [1.82, 2.24) is 10.6 Å². The second kappa shape index (κ2) is 4.94. The van der Waals surface area contributed by atoms with Gasteiger partial charge in [0.05, 0.1) is 18.2 Å². The Bertz CT molecular complexity index is 227. The molecular weight excluding hydrogens is 192 g/mol. The third-order valence-corrected chi connectivity index (χ3v) is 3.46. The number of carbonyl (C=O) groups is 1. The van der Waals surface area contributed by atoms with E-state index >= 15 is 0 Å². The van der Waals surface area contributed by atoms with Crippen LogP contribution in [0.3, 0.4) is 0 Å². The maximum atomic E-state index is 11.8. The molecule has 1 aliphatic heterocycles. The fraction of sp³-hybridized carbons (Fsp3) is 0.909. The van der Waals surface area contributed by atoms with E-state index in [0.29, 0.717) is 0 Å². The number of rotatable bonds is 3. The number of ether oxygens (including phenoxy) is 1. The number of carbonyl (C=O) groups excluding carboxylic acids is 1. The van der Waals surface area contributed by atoms with Gasteiger partial charge < -0.3 is 15.4 Å². The lowest BCUT2D eigenvalue weighted by Crippen LogP contribution is -2.48. The molecule has 1 saturated heterocycles. The van der Waals surface area contributed by atoms with Crippen molar-refractivity contribution in [3.05, 3.63) is 0 Å². The first-order chi connectivity index (χ1) is 7.31. The van der Waals surface area contributed by atoms with Gasteiger partial charge in [-0.3, -0.25) is 4.79 Å². The highest BCUT2D eigenvalue weighted by Crippen LogP contribution is 2.21. The molecule has 0 aromatic rings. The summed E-state index contributed by atoms with van der Waals surface area (Å²) < 4.78 is 5.35. The van der Waals surface area contributed by atoms with Crippen LogP contribution in [0.1, 0.15) is 32.1 Å². The van der Waals surface area contributed by atoms with E-state index in [0.717, 1.165) is 38.6 Å². The predicted octanol–water partition coefficient (Wildman–Crippen LogP) is 0.422. The Morgan fingerprint density at radius 3 is 2.87 bits per heavy atom. The molecule has 4 nitrogen and oxygen atoms in total. The lowest BCUT2D eigenvalue weighted by atomic mass is 10.1. The van der Waals surface area contributed by atoms with Gasteiger partial charge in [-0.15, -0.1) is 0 Å². The Balaban J connectivity index is 1.82. The van der Waals surface area contributed by atoms with Gasteiger partial charge >= 0.3 is 0 Å². The van der Waals surface area contributed by atoms with Crippen molar-refractivity contribution in [1.29, 1.82) is 0 Å². The molecule has 1 amide bonds. The van der Waals surface area contributed by atoms with E-state index < -0.39 is 0 Å². The van der Waals surface area contributed by atoms with E-state index in [2.05, 4.69) is 10.6 Å². The summed E-state index contributed by atoms with van der Waals surface area (Å²) in [6, 6.07) is 0.257. The van der Waals surface area contributed by atoms with Gasteiger partial charge in [0.15, 0.2) is 0 Å². The molecule has 86 valence electrons. The first-order valence-corrected chi connectivity index (χ1v) is 5.88. The molecule has 2 aliphatic rings. The standard InChI is InChI=1S/C11H20N2O2/c1-15-10-6-2-4-8(10)13-11(14)9-5-3-7-12-9/h8-10,12H,2-7H2,1H3,(H,13,14). The fourth-order valence-electron chi connectivity index (χ4n) is 2.56. The van der Waals surface area contributed by atoms with E-state index in [9.17, 15) is 4.79 Å². The van der Waals surface area contributed by atoms with Crippen molar-refractivity contribution in [3.8, 4) is 0 Å². The van der Waals surface area contributed by atoms with Crippen LogP contribution in [0.2, 0.25) is 0 Å². The van der Waals surface area contributed by atoms with Gasteiger partial charge in [-0.2, -0.15) is 0 Å². The van der Waals surface area contributed by atoms with Crippen LogP contribution in [0, 0.1) is 0 Å². The lowest BCUT2D eigenvalue weighted by Gasteiger charge is -2.21. The van der Waals surface area contributed by atoms with Crippen LogP contribution < -0.4 is 10.6 Å². The minimum atomic E-state index is 0.0307. The number of hydrogen-bond acceptors (Lipinski definition) is 3. The third kappa shape index (κ3) is 2.49. The highest BCUT2D eigenvalue weighted by Gasteiger charge is 2.31. The van der Waals surface area contributed by atoms with Crippen LogP contribution >= 0.6 is 0 Å². The van der Waals surface area contributed by atoms with Gasteiger partial charge in [-0.1, -0.05) is 0 Å². The lowest BCUT2D eigenvalue weighted by molar-refractivity contribution is -0.124. The normalized spacial score (nSPS) is 35.7. The fourth-order valence-corrected chi connectivity index (χ4v) is 2.56. The molecule has 15 heavy (non-hydrogen) atoms. The van der Waals surface area contributed by atoms with Crippen LogP contribution in [0.25, 0.3) is 0 Å². The Hall–Kier alpha value is -0.610. The third-order valence-electron chi connectivity index (χ3n) is 3.46. The monoisotopic (exact) mass is 212 g/mol. The molecule has 0 aromatic heterocycles. The van der Waals surface area contributed by atoms with E-state index in [1.807, 2.05) is 0 Å². The second-order valence-corrected chi connectivity index (χ2v) is 4.47. The average Bonchev–Trinajstić information content (AvgIpc) is 2.87. The van der Waals surface area contributed by atoms with E-state index in [1.165, 1.54) is 0 Å². The molecule has 0 spiro atoms. The summed E-state index contributed by atoms with van der Waals surface area (Å²) in [6.45, 7) is 0.969. The highest BCUT2D eigenvalue weighted by atomic mass is 16.5. The quantitative estimate of drug-likeness (QED) is 0.713. The van der Waals surface area contributed by atoms with Crippen molar-refractivity contribution in [2.24, 2.45) is 0 Å². The van der Waals surface area contributed by atoms with Crippen molar-refractivity contribution in [2.45, 2.75) is 50.3 Å². The Morgan fingerprint density at radius 1 is 1.33 bits per heavy atom. The zero-order valence-corrected chi connectivity index (χ0v) is 9.29. The summed E-state index contributed by atoms with van der Waals surface area (Å²) in [6.07, 6.45) is 5.57. The van der Waals surface area contributed by atoms with Gasteiger partial charge in [0.25, 0.3) is 0 Å². The molecule has 0 aromatic carbocycles. The van der Waals surface area contributed by atoms with E-state index in [-0.39, 0.29) is 24.1 Å². The van der Waals surface area contributed by atoms with E-state index in [4.69, 9.17) is 4.74 Å². The molecule has 1 heterocycles. The zero-order chi connectivity index (χ0) is 10.7. The number of amides is 1. The first-order valence-electron chi connectivity index (χ1n) is 5.88. The van der Waals surface area contributed by atoms with Crippen LogP contribution in [0.5, 0.6) is 0 Å². The smallest absolute Gasteiger partial charge is 0.237 e. The summed E-state index contributed by atoms with van der Waals surface area (Å²) in [7, 11) is 1.73. The van der Waals surface area contributed by atoms with Crippen molar-refractivity contribution in [3.63, 3.8) is 0 Å². The van der Waals surface area contributed by atoms with Gasteiger partial charge in [-0.25, -0.2) is 0 Å². The zero-order valence-electron chi connectivity index (χ0n) is 9.29. The maximum Gasteiger partial charge on any atom is 0.237 e. The molecule has 0 radical (unpaired) electrons. The Labute approximate surface area is 90.8 Å². The van der Waals surface area contributed by atoms with Gasteiger partial charge in [0, 0.05) is 7.11 Å². The van der Waals surface area contributed by atoms with Crippen molar-refractivity contribution < 1.29 is 9.53 Å². The largest absolute Gasteiger partial charge is 0.379 e. The minimum absolute atomic E-state index is 0.0307. The topological polar surface area (TPSA) is 50.4 Å². The van der Waals surface area contributed by atoms with Crippen molar-refractivity contribution in [2.75, 3.05) is 13.7 Å². The Kier molecular flexibility index (Phi) is 3.59.